The molecule has 1 aromatic rings. The quantitative estimate of drug-likeness (QED) is 0.873. The van der Waals surface area contributed by atoms with Gasteiger partial charge in [-0.2, -0.15) is 4.31 Å². The highest BCUT2D eigenvalue weighted by Crippen LogP contribution is 2.37. The van der Waals surface area contributed by atoms with Gasteiger partial charge in [0.15, 0.2) is 0 Å². The lowest BCUT2D eigenvalue weighted by Gasteiger charge is -2.43. The number of hydrogen-bond donors (Lipinski definition) is 1. The van der Waals surface area contributed by atoms with E-state index in [1.807, 2.05) is 12.1 Å². The number of hydrogen-bond acceptors (Lipinski definition) is 3. The molecular formula is C16H24N2O2S. The molecule has 0 unspecified atom stereocenters. The summed E-state index contributed by atoms with van der Waals surface area (Å²) in [5, 5.41) is 0. The fourth-order valence-electron chi connectivity index (χ4n) is 3.83. The first-order valence-electron chi connectivity index (χ1n) is 7.90. The van der Waals surface area contributed by atoms with Crippen molar-refractivity contribution < 1.29 is 8.42 Å². The minimum atomic E-state index is -3.23. The molecular weight excluding hydrogens is 284 g/mol. The van der Waals surface area contributed by atoms with E-state index in [0.717, 1.165) is 24.8 Å². The Bertz CT molecular complexity index is 581. The van der Waals surface area contributed by atoms with E-state index in [1.54, 1.807) is 16.4 Å². The van der Waals surface area contributed by atoms with Crippen LogP contribution in [0.2, 0.25) is 0 Å². The lowest BCUT2D eigenvalue weighted by atomic mass is 9.79. The molecule has 1 saturated heterocycles. The van der Waals surface area contributed by atoms with Crippen LogP contribution in [0.25, 0.3) is 0 Å². The summed E-state index contributed by atoms with van der Waals surface area (Å²) in [6.07, 6.45) is 6.84. The van der Waals surface area contributed by atoms with Crippen molar-refractivity contribution in [3.63, 3.8) is 0 Å². The SMILES string of the molecule is Nc1ccc(CS(=O)(=O)N2CCC[C@H]3CCCC[C@H]32)cc1. The third-order valence-corrected chi connectivity index (χ3v) is 6.74. The van der Waals surface area contributed by atoms with E-state index >= 15 is 0 Å². The lowest BCUT2D eigenvalue weighted by Crippen LogP contribution is -2.49. The number of piperidine rings is 1. The first-order valence-corrected chi connectivity index (χ1v) is 9.51. The average Bonchev–Trinajstić information content (AvgIpc) is 2.49. The minimum absolute atomic E-state index is 0.0938. The Morgan fingerprint density at radius 1 is 1.05 bits per heavy atom. The molecule has 1 aliphatic carbocycles. The van der Waals surface area contributed by atoms with E-state index in [0.29, 0.717) is 18.2 Å². The van der Waals surface area contributed by atoms with Gasteiger partial charge in [-0.25, -0.2) is 8.42 Å². The predicted molar refractivity (Wildman–Crippen MR) is 85.2 cm³/mol. The summed E-state index contributed by atoms with van der Waals surface area (Å²) in [6.45, 7) is 0.693. The van der Waals surface area contributed by atoms with Crippen LogP contribution in [0.5, 0.6) is 0 Å². The van der Waals surface area contributed by atoms with Gasteiger partial charge in [-0.05, 0) is 49.3 Å². The Hall–Kier alpha value is -1.07. The van der Waals surface area contributed by atoms with Gasteiger partial charge >= 0.3 is 0 Å². The molecule has 0 aromatic heterocycles. The number of nitrogen functional groups attached to an aromatic ring is 1. The van der Waals surface area contributed by atoms with Crippen LogP contribution >= 0.6 is 0 Å². The second-order valence-electron chi connectivity index (χ2n) is 6.36. The highest BCUT2D eigenvalue weighted by Gasteiger charge is 2.39. The Kier molecular flexibility index (Phi) is 4.22. The lowest BCUT2D eigenvalue weighted by molar-refractivity contribution is 0.129. The Balaban J connectivity index is 1.78. The van der Waals surface area contributed by atoms with E-state index in [4.69, 9.17) is 5.73 Å². The summed E-state index contributed by atoms with van der Waals surface area (Å²) in [6, 6.07) is 7.41. The van der Waals surface area contributed by atoms with Crippen LogP contribution in [0.1, 0.15) is 44.1 Å². The first-order chi connectivity index (χ1) is 10.1. The topological polar surface area (TPSA) is 63.4 Å². The van der Waals surface area contributed by atoms with E-state index in [1.165, 1.54) is 19.3 Å². The second-order valence-corrected chi connectivity index (χ2v) is 8.28. The molecule has 1 heterocycles. The molecule has 0 spiro atoms. The molecule has 1 aromatic carbocycles. The van der Waals surface area contributed by atoms with Crippen LogP contribution in [-0.4, -0.2) is 25.3 Å². The molecule has 0 bridgehead atoms. The van der Waals surface area contributed by atoms with Crippen molar-refractivity contribution in [2.75, 3.05) is 12.3 Å². The third-order valence-electron chi connectivity index (χ3n) is 4.88. The summed E-state index contributed by atoms with van der Waals surface area (Å²) in [7, 11) is -3.23. The Morgan fingerprint density at radius 3 is 2.48 bits per heavy atom. The fraction of sp³-hybridized carbons (Fsp3) is 0.625. The number of nitrogens with zero attached hydrogens (tertiary/aromatic N) is 1. The van der Waals surface area contributed by atoms with Crippen LogP contribution in [-0.2, 0) is 15.8 Å². The van der Waals surface area contributed by atoms with Crippen molar-refractivity contribution in [3.05, 3.63) is 29.8 Å². The van der Waals surface area contributed by atoms with Gasteiger partial charge in [0.2, 0.25) is 10.0 Å². The maximum absolute atomic E-state index is 12.8. The van der Waals surface area contributed by atoms with Gasteiger partial charge in [0, 0.05) is 18.3 Å². The molecule has 0 radical (unpaired) electrons. The second kappa shape index (κ2) is 5.97. The van der Waals surface area contributed by atoms with Gasteiger partial charge in [0.1, 0.15) is 0 Å². The number of fused-ring (bicyclic) bond motifs is 1. The summed E-state index contributed by atoms with van der Waals surface area (Å²) in [5.74, 6) is 0.671. The standard InChI is InChI=1S/C16H24N2O2S/c17-15-9-7-13(8-10-15)12-21(19,20)18-11-3-5-14-4-1-2-6-16(14)18/h7-10,14,16H,1-6,11-12,17H2/t14-,16-/m1/s1. The zero-order chi connectivity index (χ0) is 14.9. The molecule has 4 nitrogen and oxygen atoms in total. The maximum atomic E-state index is 12.8. The smallest absolute Gasteiger partial charge is 0.218 e. The van der Waals surface area contributed by atoms with Crippen molar-refractivity contribution in [3.8, 4) is 0 Å². The number of sulfonamides is 1. The summed E-state index contributed by atoms with van der Waals surface area (Å²) >= 11 is 0. The largest absolute Gasteiger partial charge is 0.399 e. The molecule has 5 heteroatoms. The van der Waals surface area contributed by atoms with Crippen molar-refractivity contribution in [1.82, 2.24) is 4.31 Å². The molecule has 1 saturated carbocycles. The number of nitrogens with two attached hydrogens (primary N) is 1. The normalized spacial score (nSPS) is 27.2. The molecule has 0 amide bonds. The molecule has 2 N–H and O–H groups in total. The summed E-state index contributed by atoms with van der Waals surface area (Å²) in [5.41, 5.74) is 7.15. The first kappa shape index (κ1) is 14.9. The molecule has 21 heavy (non-hydrogen) atoms. The minimum Gasteiger partial charge on any atom is -0.399 e. The van der Waals surface area contributed by atoms with Crippen LogP contribution in [0.4, 0.5) is 5.69 Å². The van der Waals surface area contributed by atoms with Crippen molar-refractivity contribution in [1.29, 1.82) is 0 Å². The summed E-state index contributed by atoms with van der Waals surface area (Å²) in [4.78, 5) is 0. The van der Waals surface area contributed by atoms with Gasteiger partial charge in [0.05, 0.1) is 5.75 Å². The highest BCUT2D eigenvalue weighted by atomic mass is 32.2. The van der Waals surface area contributed by atoms with Crippen LogP contribution in [0.3, 0.4) is 0 Å². The van der Waals surface area contributed by atoms with Crippen molar-refractivity contribution in [2.24, 2.45) is 5.92 Å². The van der Waals surface area contributed by atoms with E-state index < -0.39 is 10.0 Å². The zero-order valence-corrected chi connectivity index (χ0v) is 13.2. The number of anilines is 1. The van der Waals surface area contributed by atoms with Crippen LogP contribution < -0.4 is 5.73 Å². The average molecular weight is 308 g/mol. The van der Waals surface area contributed by atoms with Crippen molar-refractivity contribution >= 4 is 15.7 Å². The van der Waals surface area contributed by atoms with Gasteiger partial charge < -0.3 is 5.73 Å². The highest BCUT2D eigenvalue weighted by molar-refractivity contribution is 7.88. The number of rotatable bonds is 3. The molecule has 3 rings (SSSR count). The van der Waals surface area contributed by atoms with Crippen molar-refractivity contribution in [2.45, 2.75) is 50.3 Å². The maximum Gasteiger partial charge on any atom is 0.218 e. The molecule has 116 valence electrons. The van der Waals surface area contributed by atoms with Crippen LogP contribution in [0, 0.1) is 5.92 Å². The molecule has 1 aliphatic heterocycles. The number of benzene rings is 1. The molecule has 2 atom stereocenters. The Morgan fingerprint density at radius 2 is 1.71 bits per heavy atom. The van der Waals surface area contributed by atoms with E-state index in [2.05, 4.69) is 0 Å². The van der Waals surface area contributed by atoms with Gasteiger partial charge in [0.25, 0.3) is 0 Å². The molecule has 2 aliphatic rings. The molecule has 2 fully saturated rings. The van der Waals surface area contributed by atoms with Gasteiger partial charge in [-0.1, -0.05) is 25.0 Å². The van der Waals surface area contributed by atoms with Gasteiger partial charge in [-0.3, -0.25) is 0 Å². The van der Waals surface area contributed by atoms with Crippen LogP contribution in [0.15, 0.2) is 24.3 Å². The van der Waals surface area contributed by atoms with E-state index in [9.17, 15) is 8.42 Å². The monoisotopic (exact) mass is 308 g/mol. The predicted octanol–water partition coefficient (Wildman–Crippen LogP) is 2.75. The fourth-order valence-corrected chi connectivity index (χ4v) is 5.71. The summed E-state index contributed by atoms with van der Waals surface area (Å²) < 4.78 is 27.4. The van der Waals surface area contributed by atoms with E-state index in [-0.39, 0.29) is 11.8 Å². The van der Waals surface area contributed by atoms with Gasteiger partial charge in [-0.15, -0.1) is 0 Å². The third kappa shape index (κ3) is 3.24. The Labute approximate surface area is 127 Å². The zero-order valence-electron chi connectivity index (χ0n) is 12.4.